The first-order valence-corrected chi connectivity index (χ1v) is 9.27. The lowest BCUT2D eigenvalue weighted by molar-refractivity contribution is 0.226. The van der Waals surface area contributed by atoms with Gasteiger partial charge in [-0.2, -0.15) is 0 Å². The number of hydrogen-bond acceptors (Lipinski definition) is 4. The maximum absolute atomic E-state index is 11.8. The van der Waals surface area contributed by atoms with E-state index in [1.807, 2.05) is 42.5 Å². The number of benzene rings is 2. The smallest absolute Gasteiger partial charge is 0.173 e. The van der Waals surface area contributed by atoms with E-state index in [-0.39, 0.29) is 11.8 Å². The molecule has 2 aromatic carbocycles. The Labute approximate surface area is 137 Å². The first-order valence-electron chi connectivity index (χ1n) is 7.55. The third kappa shape index (κ3) is 4.21. The van der Waals surface area contributed by atoms with Gasteiger partial charge in [-0.15, -0.1) is 0 Å². The Morgan fingerprint density at radius 1 is 0.957 bits per heavy atom. The molecule has 2 aromatic rings. The number of nitrogen functional groups attached to an aromatic ring is 1. The van der Waals surface area contributed by atoms with Crippen molar-refractivity contribution in [2.24, 2.45) is 0 Å². The van der Waals surface area contributed by atoms with E-state index in [1.165, 1.54) is 11.0 Å². The van der Waals surface area contributed by atoms with Gasteiger partial charge < -0.3 is 5.73 Å². The molecule has 23 heavy (non-hydrogen) atoms. The van der Waals surface area contributed by atoms with Crippen molar-refractivity contribution in [3.63, 3.8) is 0 Å². The Balaban J connectivity index is 1.81. The third-order valence-electron chi connectivity index (χ3n) is 3.97. The maximum Gasteiger partial charge on any atom is 0.173 e. The lowest BCUT2D eigenvalue weighted by atomic mass is 10.1. The van der Waals surface area contributed by atoms with Crippen molar-refractivity contribution >= 4 is 15.5 Å². The normalized spacial score (nSPS) is 19.3. The molecule has 5 heteroatoms. The van der Waals surface area contributed by atoms with Crippen LogP contribution in [0.3, 0.4) is 0 Å². The molecule has 0 amide bonds. The maximum atomic E-state index is 11.8. The van der Waals surface area contributed by atoms with Gasteiger partial charge in [0.2, 0.25) is 0 Å². The summed E-state index contributed by atoms with van der Waals surface area (Å²) in [6, 6.07) is 17.7. The van der Waals surface area contributed by atoms with Crippen molar-refractivity contribution in [2.75, 3.05) is 11.5 Å². The van der Waals surface area contributed by atoms with Gasteiger partial charge in [0, 0.05) is 30.2 Å². The summed E-state index contributed by atoms with van der Waals surface area (Å²) < 4.78 is 23.5. The van der Waals surface area contributed by atoms with Crippen LogP contribution >= 0.6 is 0 Å². The van der Waals surface area contributed by atoms with Crippen LogP contribution in [-0.2, 0) is 22.9 Å². The van der Waals surface area contributed by atoms with Gasteiger partial charge in [-0.3, -0.25) is 4.90 Å². The monoisotopic (exact) mass is 328 g/mol. The Hall–Kier alpha value is -2.11. The van der Waals surface area contributed by atoms with Crippen LogP contribution in [0.1, 0.15) is 11.1 Å². The van der Waals surface area contributed by atoms with Crippen LogP contribution in [0.2, 0.25) is 0 Å². The van der Waals surface area contributed by atoms with Crippen LogP contribution in [-0.4, -0.2) is 25.1 Å². The predicted molar refractivity (Wildman–Crippen MR) is 93.3 cm³/mol. The molecule has 1 atom stereocenters. The van der Waals surface area contributed by atoms with Gasteiger partial charge in [0.05, 0.1) is 5.75 Å². The molecule has 1 heterocycles. The summed E-state index contributed by atoms with van der Waals surface area (Å²) in [7, 11) is -3.07. The molecule has 0 unspecified atom stereocenters. The second kappa shape index (κ2) is 6.56. The summed E-state index contributed by atoms with van der Waals surface area (Å²) in [4.78, 5) is 2.18. The average molecular weight is 328 g/mol. The average Bonchev–Trinajstić information content (AvgIpc) is 2.90. The van der Waals surface area contributed by atoms with E-state index in [1.54, 1.807) is 6.08 Å². The van der Waals surface area contributed by atoms with Gasteiger partial charge in [0.15, 0.2) is 9.84 Å². The molecule has 0 aromatic heterocycles. The number of sulfone groups is 1. The molecule has 3 rings (SSSR count). The molecular formula is C18H20N2O2S. The zero-order valence-corrected chi connectivity index (χ0v) is 13.6. The van der Waals surface area contributed by atoms with Crippen molar-refractivity contribution in [3.05, 3.63) is 77.2 Å². The topological polar surface area (TPSA) is 63.4 Å². The van der Waals surface area contributed by atoms with Gasteiger partial charge in [-0.05, 0) is 23.3 Å². The molecular weight excluding hydrogens is 308 g/mol. The van der Waals surface area contributed by atoms with Crippen molar-refractivity contribution < 1.29 is 8.42 Å². The number of anilines is 1. The largest absolute Gasteiger partial charge is 0.399 e. The van der Waals surface area contributed by atoms with Gasteiger partial charge in [-0.1, -0.05) is 48.5 Å². The first kappa shape index (κ1) is 15.8. The Bertz CT molecular complexity index is 784. The quantitative estimate of drug-likeness (QED) is 0.857. The summed E-state index contributed by atoms with van der Waals surface area (Å²) in [5.74, 6) is 0.148. The van der Waals surface area contributed by atoms with Gasteiger partial charge in [0.25, 0.3) is 0 Å². The highest BCUT2D eigenvalue weighted by atomic mass is 32.2. The molecule has 0 saturated carbocycles. The predicted octanol–water partition coefficient (Wildman–Crippen LogP) is 2.58. The Morgan fingerprint density at radius 3 is 2.13 bits per heavy atom. The molecule has 120 valence electrons. The third-order valence-corrected chi connectivity index (χ3v) is 5.35. The number of nitrogens with two attached hydrogens (primary N) is 1. The van der Waals surface area contributed by atoms with Crippen molar-refractivity contribution in [2.45, 2.75) is 19.1 Å². The standard InChI is InChI=1S/C18H20N2O2S/c19-17-8-6-16(7-9-17)13-20(12-15-4-2-1-3-5-15)18-10-11-23(21,22)14-18/h1-11,18H,12-14,19H2/t18-/m0/s1. The van der Waals surface area contributed by atoms with E-state index in [0.29, 0.717) is 13.1 Å². The van der Waals surface area contributed by atoms with E-state index in [2.05, 4.69) is 17.0 Å². The fourth-order valence-corrected chi connectivity index (χ4v) is 4.08. The molecule has 0 bridgehead atoms. The molecule has 0 aliphatic carbocycles. The minimum Gasteiger partial charge on any atom is -0.399 e. The SMILES string of the molecule is Nc1ccc(CN(Cc2ccccc2)[C@H]2C=CS(=O)(=O)C2)cc1. The molecule has 0 radical (unpaired) electrons. The molecule has 2 N–H and O–H groups in total. The second-order valence-corrected chi connectivity index (χ2v) is 7.79. The van der Waals surface area contributed by atoms with Crippen LogP contribution < -0.4 is 5.73 Å². The zero-order chi connectivity index (χ0) is 16.3. The number of rotatable bonds is 5. The zero-order valence-electron chi connectivity index (χ0n) is 12.8. The van der Waals surface area contributed by atoms with Crippen molar-refractivity contribution in [3.8, 4) is 0 Å². The van der Waals surface area contributed by atoms with Crippen LogP contribution in [0, 0.1) is 0 Å². The second-order valence-electron chi connectivity index (χ2n) is 5.86. The highest BCUT2D eigenvalue weighted by Gasteiger charge is 2.27. The lowest BCUT2D eigenvalue weighted by Gasteiger charge is -2.27. The fraction of sp³-hybridized carbons (Fsp3) is 0.222. The van der Waals surface area contributed by atoms with Crippen LogP contribution in [0.4, 0.5) is 5.69 Å². The van der Waals surface area contributed by atoms with E-state index in [4.69, 9.17) is 5.73 Å². The van der Waals surface area contributed by atoms with Crippen LogP contribution in [0.15, 0.2) is 66.1 Å². The number of nitrogens with zero attached hydrogens (tertiary/aromatic N) is 1. The van der Waals surface area contributed by atoms with Gasteiger partial charge in [0.1, 0.15) is 0 Å². The van der Waals surface area contributed by atoms with E-state index >= 15 is 0 Å². The lowest BCUT2D eigenvalue weighted by Crippen LogP contribution is -2.35. The molecule has 0 spiro atoms. The summed E-state index contributed by atoms with van der Waals surface area (Å²) >= 11 is 0. The van der Waals surface area contributed by atoms with Crippen LogP contribution in [0.5, 0.6) is 0 Å². The van der Waals surface area contributed by atoms with Crippen LogP contribution in [0.25, 0.3) is 0 Å². The fourth-order valence-electron chi connectivity index (χ4n) is 2.75. The van der Waals surface area contributed by atoms with Crippen molar-refractivity contribution in [1.82, 2.24) is 4.90 Å². The minimum atomic E-state index is -3.07. The van der Waals surface area contributed by atoms with Crippen molar-refractivity contribution in [1.29, 1.82) is 0 Å². The minimum absolute atomic E-state index is 0.0993. The van der Waals surface area contributed by atoms with E-state index in [0.717, 1.165) is 11.3 Å². The molecule has 0 saturated heterocycles. The summed E-state index contributed by atoms with van der Waals surface area (Å²) in [6.45, 7) is 1.38. The summed E-state index contributed by atoms with van der Waals surface area (Å²) in [5, 5.41) is 1.33. The Morgan fingerprint density at radius 2 is 1.57 bits per heavy atom. The molecule has 0 fully saturated rings. The van der Waals surface area contributed by atoms with E-state index in [9.17, 15) is 8.42 Å². The molecule has 1 aliphatic rings. The molecule has 1 aliphatic heterocycles. The summed E-state index contributed by atoms with van der Waals surface area (Å²) in [5.41, 5.74) is 8.75. The van der Waals surface area contributed by atoms with E-state index < -0.39 is 9.84 Å². The Kier molecular flexibility index (Phi) is 4.50. The highest BCUT2D eigenvalue weighted by molar-refractivity contribution is 7.94. The summed E-state index contributed by atoms with van der Waals surface area (Å²) in [6.07, 6.45) is 1.79. The van der Waals surface area contributed by atoms with Gasteiger partial charge >= 0.3 is 0 Å². The number of hydrogen-bond donors (Lipinski definition) is 1. The molecule has 4 nitrogen and oxygen atoms in total. The first-order chi connectivity index (χ1) is 11.0. The highest BCUT2D eigenvalue weighted by Crippen LogP contribution is 2.20. The van der Waals surface area contributed by atoms with Gasteiger partial charge in [-0.25, -0.2) is 8.42 Å².